The molecule has 0 N–H and O–H groups in total. The fraction of sp³-hybridized carbons (Fsp3) is 1.00. The Morgan fingerprint density at radius 3 is 1.18 bits per heavy atom. The summed E-state index contributed by atoms with van der Waals surface area (Å²) in [5.41, 5.74) is 0. The fourth-order valence-electron chi connectivity index (χ4n) is 4.25. The molecule has 0 aromatic rings. The Bertz CT molecular complexity index is 149. The van der Waals surface area contributed by atoms with Gasteiger partial charge in [0.25, 0.3) is 0 Å². The zero-order chi connectivity index (χ0) is 12.8. The van der Waals surface area contributed by atoms with Gasteiger partial charge in [-0.1, -0.05) is 72.6 Å². The second-order valence-electron chi connectivity index (χ2n) is 7.41. The monoisotopic (exact) mass is 248 g/mol. The van der Waals surface area contributed by atoms with E-state index in [1.807, 2.05) is 0 Å². The normalized spacial score (nSPS) is 12.4. The van der Waals surface area contributed by atoms with Crippen molar-refractivity contribution >= 4 is 13.1 Å². The molecular formula is C15H34AlLi. The first kappa shape index (κ1) is 20.4. The van der Waals surface area contributed by atoms with Crippen LogP contribution in [0.4, 0.5) is 0 Å². The van der Waals surface area contributed by atoms with Crippen molar-refractivity contribution in [3.63, 3.8) is 0 Å². The molecule has 0 fully saturated rings. The Kier molecular flexibility index (Phi) is 12.0. The largest absolute Gasteiger partial charge is 1.00 e. The summed E-state index contributed by atoms with van der Waals surface area (Å²) in [5, 5.41) is 6.33. The van der Waals surface area contributed by atoms with Gasteiger partial charge < -0.3 is 0 Å². The van der Waals surface area contributed by atoms with Gasteiger partial charge in [0.1, 0.15) is 13.1 Å². The van der Waals surface area contributed by atoms with Crippen LogP contribution in [0, 0.1) is 17.8 Å². The summed E-state index contributed by atoms with van der Waals surface area (Å²) in [6.07, 6.45) is 1.41. The average Bonchev–Trinajstić information content (AvgIpc) is 1.98. The molecule has 2 heteroatoms. The maximum atomic E-state index is 2.42. The maximum absolute atomic E-state index is 2.42. The van der Waals surface area contributed by atoms with Crippen LogP contribution in [0.15, 0.2) is 0 Å². The molecule has 98 valence electrons. The quantitative estimate of drug-likeness (QED) is 0.579. The van der Waals surface area contributed by atoms with Crippen LogP contribution in [-0.2, 0) is 0 Å². The van der Waals surface area contributed by atoms with Crippen LogP contribution in [0.3, 0.4) is 0 Å². The van der Waals surface area contributed by atoms with E-state index in [1.54, 1.807) is 21.1 Å². The fourth-order valence-corrected chi connectivity index (χ4v) is 12.8. The summed E-state index contributed by atoms with van der Waals surface area (Å²) in [6, 6.07) is 0. The smallest absolute Gasteiger partial charge is 0.192 e. The minimum Gasteiger partial charge on any atom is -0.192 e. The van der Waals surface area contributed by atoms with Gasteiger partial charge in [-0.15, -0.1) is 0 Å². The van der Waals surface area contributed by atoms with Crippen LogP contribution in [0.25, 0.3) is 0 Å². The van der Waals surface area contributed by atoms with Crippen molar-refractivity contribution in [3.8, 4) is 0 Å². The molecule has 0 aliphatic heterocycles. The van der Waals surface area contributed by atoms with E-state index in [2.05, 4.69) is 48.5 Å². The second-order valence-corrected chi connectivity index (χ2v) is 12.9. The summed E-state index contributed by atoms with van der Waals surface area (Å²) in [6.45, 7) is 16.9. The molecule has 17 heavy (non-hydrogen) atoms. The van der Waals surface area contributed by atoms with Gasteiger partial charge in [0.2, 0.25) is 0 Å². The average molecular weight is 248 g/mol. The molecule has 0 aromatic carbocycles. The van der Waals surface area contributed by atoms with E-state index in [1.165, 1.54) is 6.42 Å². The van der Waals surface area contributed by atoms with Crippen molar-refractivity contribution in [2.45, 2.75) is 76.0 Å². The van der Waals surface area contributed by atoms with Gasteiger partial charge >= 0.3 is 18.9 Å². The Labute approximate surface area is 125 Å². The van der Waals surface area contributed by atoms with E-state index in [0.717, 1.165) is 17.8 Å². The van der Waals surface area contributed by atoms with Crippen molar-refractivity contribution in [1.82, 2.24) is 0 Å². The molecule has 0 heterocycles. The molecule has 0 aliphatic rings. The van der Waals surface area contributed by atoms with Crippen molar-refractivity contribution in [3.05, 3.63) is 0 Å². The van der Waals surface area contributed by atoms with E-state index in [0.29, 0.717) is 0 Å². The van der Waals surface area contributed by atoms with Crippen molar-refractivity contribution in [2.24, 2.45) is 17.8 Å². The van der Waals surface area contributed by atoms with Gasteiger partial charge in [-0.2, -0.15) is 21.1 Å². The zero-order valence-corrected chi connectivity index (χ0v) is 15.0. The third kappa shape index (κ3) is 9.68. The van der Waals surface area contributed by atoms with E-state index < -0.39 is 13.1 Å². The molecule has 0 saturated carbocycles. The molecule has 0 amide bonds. The van der Waals surface area contributed by atoms with Gasteiger partial charge in [-0.25, -0.2) is 0 Å². The Balaban J connectivity index is 0. The second kappa shape index (κ2) is 9.98. The minimum absolute atomic E-state index is 0. The first-order valence-electron chi connectivity index (χ1n) is 7.53. The minimum atomic E-state index is -1.30. The van der Waals surface area contributed by atoms with E-state index in [4.69, 9.17) is 0 Å². The van der Waals surface area contributed by atoms with Crippen LogP contribution >= 0.6 is 0 Å². The summed E-state index contributed by atoms with van der Waals surface area (Å²) in [4.78, 5) is 0. The summed E-state index contributed by atoms with van der Waals surface area (Å²) >= 11 is -1.30. The van der Waals surface area contributed by atoms with Crippen molar-refractivity contribution in [1.29, 1.82) is 0 Å². The number of hydrogen-bond donors (Lipinski definition) is 0. The van der Waals surface area contributed by atoms with Crippen LogP contribution in [0.5, 0.6) is 0 Å². The molecule has 0 unspecified atom stereocenters. The first-order chi connectivity index (χ1) is 7.31. The van der Waals surface area contributed by atoms with Crippen LogP contribution in [0.1, 0.15) is 54.9 Å². The molecular weight excluding hydrogens is 214 g/mol. The first-order valence-corrected chi connectivity index (χ1v) is 10.8. The van der Waals surface area contributed by atoms with Gasteiger partial charge in [0.05, 0.1) is 0 Å². The Hall–Kier alpha value is 1.13. The zero-order valence-electron chi connectivity index (χ0n) is 13.8. The summed E-state index contributed by atoms with van der Waals surface area (Å²) < 4.78 is 0. The Morgan fingerprint density at radius 2 is 1.00 bits per heavy atom. The van der Waals surface area contributed by atoms with Crippen molar-refractivity contribution < 1.29 is 18.9 Å². The van der Waals surface area contributed by atoms with Crippen LogP contribution in [-0.4, -0.2) is 13.1 Å². The molecule has 0 rings (SSSR count). The van der Waals surface area contributed by atoms with E-state index in [-0.39, 0.29) is 18.9 Å². The molecule has 0 spiro atoms. The van der Waals surface area contributed by atoms with Gasteiger partial charge in [-0.05, 0) is 0 Å². The topological polar surface area (TPSA) is 0 Å². The molecule has 0 atom stereocenters. The number of rotatable bonds is 8. The van der Waals surface area contributed by atoms with E-state index in [9.17, 15) is 0 Å². The summed E-state index contributed by atoms with van der Waals surface area (Å²) in [7, 11) is 0. The van der Waals surface area contributed by atoms with Gasteiger partial charge in [-0.3, -0.25) is 0 Å². The van der Waals surface area contributed by atoms with Crippen LogP contribution in [0.2, 0.25) is 21.1 Å². The molecule has 0 bridgehead atoms. The summed E-state index contributed by atoms with van der Waals surface area (Å²) in [5.74, 6) is 2.73. The molecule has 0 radical (unpaired) electrons. The van der Waals surface area contributed by atoms with E-state index >= 15 is 0 Å². The third-order valence-electron chi connectivity index (χ3n) is 3.82. The van der Waals surface area contributed by atoms with Crippen molar-refractivity contribution in [2.75, 3.05) is 0 Å². The third-order valence-corrected chi connectivity index (χ3v) is 11.4. The van der Waals surface area contributed by atoms with Gasteiger partial charge in [0.15, 0.2) is 0 Å². The number of hydrogen-bond acceptors (Lipinski definition) is 0. The standard InChI is InChI=1S/3C4H9.C3H7.Al.Li/c3*1-4(2)3;1-3-2;;/h3*4H,1H2,2-3H3;1,3H2,2H3;;/q;;;;-1;+1. The van der Waals surface area contributed by atoms with Crippen LogP contribution < -0.4 is 18.9 Å². The molecule has 0 saturated heterocycles. The Morgan fingerprint density at radius 1 is 0.706 bits per heavy atom. The predicted molar refractivity (Wildman–Crippen MR) is 79.8 cm³/mol. The maximum Gasteiger partial charge on any atom is 1.00 e. The SMILES string of the molecule is CC[CH2][Al-]([CH2]C(C)C)([CH2]C(C)C)[CH2]C(C)C.[Li+]. The van der Waals surface area contributed by atoms with Gasteiger partial charge in [0, 0.05) is 0 Å². The predicted octanol–water partition coefficient (Wildman–Crippen LogP) is 2.82. The molecule has 0 nitrogen and oxygen atoms in total. The molecule has 0 aromatic heterocycles. The molecule has 0 aliphatic carbocycles.